The Morgan fingerprint density at radius 1 is 0.900 bits per heavy atom. The van der Waals surface area contributed by atoms with E-state index in [2.05, 4.69) is 30.3 Å². The molecule has 0 amide bonds. The van der Waals surface area contributed by atoms with E-state index in [1.807, 2.05) is 0 Å². The summed E-state index contributed by atoms with van der Waals surface area (Å²) in [6.45, 7) is 0. The molecule has 0 saturated carbocycles. The lowest BCUT2D eigenvalue weighted by Gasteiger charge is -2.25. The highest BCUT2D eigenvalue weighted by atomic mass is 16.1. The van der Waals surface area contributed by atoms with Gasteiger partial charge < -0.3 is 0 Å². The quantitative estimate of drug-likeness (QED) is 0.691. The standard InChI is InChI=1S/C19H16O/c20-18-9-8-13-15-7-3-6-14-11-4-1-2-5-12(11)17(19(14)15)10-16(13)18/h1-2,4-5,10,14H,3,6-9H2/t14-/m1/s1. The summed E-state index contributed by atoms with van der Waals surface area (Å²) < 4.78 is 0. The second-order valence-electron chi connectivity index (χ2n) is 6.30. The highest BCUT2D eigenvalue weighted by Crippen LogP contribution is 2.53. The summed E-state index contributed by atoms with van der Waals surface area (Å²) in [5.74, 6) is 0.941. The number of rotatable bonds is 0. The van der Waals surface area contributed by atoms with Crippen LogP contribution in [0.5, 0.6) is 0 Å². The third kappa shape index (κ3) is 1.17. The van der Waals surface area contributed by atoms with Crippen LogP contribution in [-0.4, -0.2) is 5.78 Å². The molecular formula is C19H16O. The molecule has 20 heavy (non-hydrogen) atoms. The van der Waals surface area contributed by atoms with E-state index < -0.39 is 0 Å². The summed E-state index contributed by atoms with van der Waals surface area (Å²) in [4.78, 5) is 12.1. The molecule has 0 saturated heterocycles. The van der Waals surface area contributed by atoms with Crippen LogP contribution in [0.1, 0.15) is 57.8 Å². The predicted octanol–water partition coefficient (Wildman–Crippen LogP) is 4.26. The zero-order valence-electron chi connectivity index (χ0n) is 11.4. The van der Waals surface area contributed by atoms with Crippen molar-refractivity contribution in [3.05, 3.63) is 58.1 Å². The molecule has 0 unspecified atom stereocenters. The molecular weight excluding hydrogens is 244 g/mol. The normalized spacial score (nSPS) is 21.6. The molecule has 0 fully saturated rings. The Kier molecular flexibility index (Phi) is 1.95. The first-order chi connectivity index (χ1) is 9.84. The van der Waals surface area contributed by atoms with Crippen molar-refractivity contribution in [3.8, 4) is 11.1 Å². The zero-order chi connectivity index (χ0) is 13.3. The molecule has 0 heterocycles. The van der Waals surface area contributed by atoms with Gasteiger partial charge in [0.05, 0.1) is 0 Å². The molecule has 2 aromatic rings. The van der Waals surface area contributed by atoms with Crippen molar-refractivity contribution in [2.24, 2.45) is 0 Å². The van der Waals surface area contributed by atoms with Gasteiger partial charge in [-0.15, -0.1) is 0 Å². The zero-order valence-corrected chi connectivity index (χ0v) is 11.4. The predicted molar refractivity (Wildman–Crippen MR) is 79.3 cm³/mol. The summed E-state index contributed by atoms with van der Waals surface area (Å²) in [5.41, 5.74) is 9.70. The van der Waals surface area contributed by atoms with Crippen LogP contribution in [0, 0.1) is 0 Å². The van der Waals surface area contributed by atoms with Gasteiger partial charge in [0.2, 0.25) is 0 Å². The Hall–Kier alpha value is -1.89. The van der Waals surface area contributed by atoms with Crippen molar-refractivity contribution in [2.75, 3.05) is 0 Å². The Balaban J connectivity index is 1.91. The van der Waals surface area contributed by atoms with E-state index in [0.29, 0.717) is 11.7 Å². The van der Waals surface area contributed by atoms with Crippen molar-refractivity contribution >= 4 is 5.78 Å². The van der Waals surface area contributed by atoms with E-state index in [1.54, 1.807) is 5.56 Å². The van der Waals surface area contributed by atoms with Crippen LogP contribution in [0.15, 0.2) is 30.3 Å². The van der Waals surface area contributed by atoms with E-state index in [4.69, 9.17) is 0 Å². The molecule has 5 rings (SSSR count). The van der Waals surface area contributed by atoms with Crippen LogP contribution in [0.3, 0.4) is 0 Å². The number of Topliss-reactive ketones (excluding diaryl/α,β-unsaturated/α-hetero) is 1. The first-order valence-corrected chi connectivity index (χ1v) is 7.66. The topological polar surface area (TPSA) is 17.1 Å². The van der Waals surface area contributed by atoms with Crippen LogP contribution in [0.4, 0.5) is 0 Å². The van der Waals surface area contributed by atoms with E-state index in [9.17, 15) is 4.79 Å². The summed E-state index contributed by atoms with van der Waals surface area (Å²) in [5, 5.41) is 0. The van der Waals surface area contributed by atoms with Gasteiger partial charge in [-0.1, -0.05) is 24.3 Å². The van der Waals surface area contributed by atoms with Crippen molar-refractivity contribution in [2.45, 2.75) is 38.0 Å². The fraction of sp³-hybridized carbons (Fsp3) is 0.316. The molecule has 0 N–H and O–H groups in total. The molecule has 0 bridgehead atoms. The second kappa shape index (κ2) is 3.60. The van der Waals surface area contributed by atoms with Crippen LogP contribution in [0.25, 0.3) is 11.1 Å². The number of carbonyl (C=O) groups is 1. The molecule has 98 valence electrons. The van der Waals surface area contributed by atoms with Crippen molar-refractivity contribution in [1.82, 2.24) is 0 Å². The lowest BCUT2D eigenvalue weighted by Crippen LogP contribution is -2.11. The van der Waals surface area contributed by atoms with E-state index in [1.165, 1.54) is 47.1 Å². The Labute approximate surface area is 118 Å². The van der Waals surface area contributed by atoms with Gasteiger partial charge in [0.15, 0.2) is 5.78 Å². The molecule has 0 spiro atoms. The third-order valence-corrected chi connectivity index (χ3v) is 5.39. The molecule has 3 aliphatic carbocycles. The van der Waals surface area contributed by atoms with Gasteiger partial charge in [0.1, 0.15) is 0 Å². The summed E-state index contributed by atoms with van der Waals surface area (Å²) in [7, 11) is 0. The van der Waals surface area contributed by atoms with E-state index >= 15 is 0 Å². The number of fused-ring (bicyclic) bond motifs is 5. The average molecular weight is 260 g/mol. The lowest BCUT2D eigenvalue weighted by molar-refractivity contribution is 0.0994. The Bertz CT molecular complexity index is 770. The molecule has 1 nitrogen and oxygen atoms in total. The van der Waals surface area contributed by atoms with Crippen molar-refractivity contribution in [1.29, 1.82) is 0 Å². The van der Waals surface area contributed by atoms with E-state index in [0.717, 1.165) is 18.4 Å². The second-order valence-corrected chi connectivity index (χ2v) is 6.30. The fourth-order valence-corrected chi connectivity index (χ4v) is 4.60. The minimum atomic E-state index is 0.352. The maximum atomic E-state index is 12.1. The summed E-state index contributed by atoms with van der Waals surface area (Å²) >= 11 is 0. The van der Waals surface area contributed by atoms with Crippen LogP contribution < -0.4 is 0 Å². The van der Waals surface area contributed by atoms with Crippen LogP contribution in [0.2, 0.25) is 0 Å². The molecule has 2 aromatic carbocycles. The fourth-order valence-electron chi connectivity index (χ4n) is 4.60. The minimum absolute atomic E-state index is 0.352. The number of carbonyl (C=O) groups excluding carboxylic acids is 1. The molecule has 0 aliphatic heterocycles. The number of ketones is 1. The van der Waals surface area contributed by atoms with Gasteiger partial charge in [0, 0.05) is 17.9 Å². The van der Waals surface area contributed by atoms with Crippen LogP contribution >= 0.6 is 0 Å². The monoisotopic (exact) mass is 260 g/mol. The maximum absolute atomic E-state index is 12.1. The number of hydrogen-bond acceptors (Lipinski definition) is 1. The van der Waals surface area contributed by atoms with Gasteiger partial charge in [-0.3, -0.25) is 4.79 Å². The minimum Gasteiger partial charge on any atom is -0.294 e. The first kappa shape index (κ1) is 10.8. The van der Waals surface area contributed by atoms with Crippen molar-refractivity contribution < 1.29 is 4.79 Å². The summed E-state index contributed by atoms with van der Waals surface area (Å²) in [6, 6.07) is 11.0. The molecule has 3 aliphatic rings. The average Bonchev–Trinajstić information content (AvgIpc) is 3.02. The third-order valence-electron chi connectivity index (χ3n) is 5.39. The molecule has 1 heteroatoms. The number of hydrogen-bond donors (Lipinski definition) is 0. The largest absolute Gasteiger partial charge is 0.294 e. The maximum Gasteiger partial charge on any atom is 0.163 e. The SMILES string of the molecule is O=C1CCc2c1cc1c3c2CCC[C@@H]3c2ccccc2-1. The smallest absolute Gasteiger partial charge is 0.163 e. The molecule has 1 atom stereocenters. The Morgan fingerprint density at radius 2 is 1.80 bits per heavy atom. The van der Waals surface area contributed by atoms with Gasteiger partial charge in [0.25, 0.3) is 0 Å². The first-order valence-electron chi connectivity index (χ1n) is 7.66. The van der Waals surface area contributed by atoms with Gasteiger partial charge >= 0.3 is 0 Å². The highest BCUT2D eigenvalue weighted by molar-refractivity contribution is 6.03. The van der Waals surface area contributed by atoms with Gasteiger partial charge in [-0.2, -0.15) is 0 Å². The summed E-state index contributed by atoms with van der Waals surface area (Å²) in [6.07, 6.45) is 5.39. The lowest BCUT2D eigenvalue weighted by atomic mass is 9.79. The molecule has 0 aromatic heterocycles. The Morgan fingerprint density at radius 3 is 2.75 bits per heavy atom. The number of benzene rings is 2. The van der Waals surface area contributed by atoms with Crippen LogP contribution in [-0.2, 0) is 12.8 Å². The molecule has 0 radical (unpaired) electrons. The van der Waals surface area contributed by atoms with Crippen molar-refractivity contribution in [3.63, 3.8) is 0 Å². The highest BCUT2D eigenvalue weighted by Gasteiger charge is 2.37. The van der Waals surface area contributed by atoms with E-state index in [-0.39, 0.29) is 0 Å². The van der Waals surface area contributed by atoms with Gasteiger partial charge in [-0.05, 0) is 65.1 Å². The van der Waals surface area contributed by atoms with Gasteiger partial charge in [-0.25, -0.2) is 0 Å².